The number of nitrogens with zero attached hydrogens (tertiary/aromatic N) is 4. The van der Waals surface area contributed by atoms with Crippen molar-refractivity contribution in [1.82, 2.24) is 19.7 Å². The maximum absolute atomic E-state index is 14.4. The molecule has 32 heavy (non-hydrogen) atoms. The Labute approximate surface area is 190 Å². The molecule has 11 heteroatoms. The van der Waals surface area contributed by atoms with E-state index in [-0.39, 0.29) is 22.5 Å². The third-order valence-electron chi connectivity index (χ3n) is 4.35. The fourth-order valence-electron chi connectivity index (χ4n) is 2.83. The molecule has 9 nitrogen and oxygen atoms in total. The highest BCUT2D eigenvalue weighted by atomic mass is 35.5. The van der Waals surface area contributed by atoms with Gasteiger partial charge in [-0.15, -0.1) is 0 Å². The Balaban J connectivity index is 1.82. The van der Waals surface area contributed by atoms with Gasteiger partial charge in [0, 0.05) is 12.7 Å². The smallest absolute Gasteiger partial charge is 0.412 e. The molecule has 0 aliphatic rings. The maximum Gasteiger partial charge on any atom is 0.412 e. The molecule has 0 atom stereocenters. The van der Waals surface area contributed by atoms with Gasteiger partial charge >= 0.3 is 6.09 Å². The molecule has 170 valence electrons. The summed E-state index contributed by atoms with van der Waals surface area (Å²) in [5, 5.41) is 13.1. The van der Waals surface area contributed by atoms with E-state index < -0.39 is 17.5 Å². The molecule has 0 aliphatic heterocycles. The van der Waals surface area contributed by atoms with Crippen molar-refractivity contribution in [2.75, 3.05) is 16.0 Å². The van der Waals surface area contributed by atoms with Gasteiger partial charge in [0.2, 0.25) is 5.95 Å². The summed E-state index contributed by atoms with van der Waals surface area (Å²) in [6.45, 7) is 9.03. The number of halogens is 2. The van der Waals surface area contributed by atoms with Crippen LogP contribution in [-0.2, 0) is 11.8 Å². The van der Waals surface area contributed by atoms with Gasteiger partial charge in [0.1, 0.15) is 16.4 Å². The Kier molecular flexibility index (Phi) is 6.54. The van der Waals surface area contributed by atoms with E-state index in [9.17, 15) is 9.18 Å². The Morgan fingerprint density at radius 3 is 2.56 bits per heavy atom. The summed E-state index contributed by atoms with van der Waals surface area (Å²) in [6.07, 6.45) is 0.754. The van der Waals surface area contributed by atoms with Crippen LogP contribution in [0.15, 0.2) is 24.4 Å². The highest BCUT2D eigenvalue weighted by molar-refractivity contribution is 6.32. The quantitative estimate of drug-likeness (QED) is 0.463. The van der Waals surface area contributed by atoms with Gasteiger partial charge in [0.15, 0.2) is 5.82 Å². The Morgan fingerprint density at radius 1 is 1.22 bits per heavy atom. The molecule has 3 rings (SSSR count). The molecule has 0 spiro atoms. The Morgan fingerprint density at radius 2 is 1.94 bits per heavy atom. The summed E-state index contributed by atoms with van der Waals surface area (Å²) in [7, 11) is 1.84. The largest absolute Gasteiger partial charge is 0.444 e. The van der Waals surface area contributed by atoms with Crippen LogP contribution in [0.5, 0.6) is 0 Å². The molecule has 1 amide bonds. The van der Waals surface area contributed by atoms with Crippen molar-refractivity contribution in [2.45, 2.75) is 40.2 Å². The molecule has 3 aromatic rings. The van der Waals surface area contributed by atoms with Crippen LogP contribution >= 0.6 is 11.6 Å². The van der Waals surface area contributed by atoms with Crippen LogP contribution in [0.4, 0.5) is 38.0 Å². The number of carbonyl (C=O) groups is 1. The van der Waals surface area contributed by atoms with Crippen LogP contribution in [0, 0.1) is 19.7 Å². The topological polar surface area (TPSA) is 106 Å². The fraction of sp³-hybridized carbons (Fsp3) is 0.333. The highest BCUT2D eigenvalue weighted by Gasteiger charge is 2.17. The van der Waals surface area contributed by atoms with Gasteiger partial charge < -0.3 is 15.4 Å². The van der Waals surface area contributed by atoms with Crippen molar-refractivity contribution < 1.29 is 13.9 Å². The molecule has 2 aromatic heterocycles. The molecule has 0 aliphatic carbocycles. The van der Waals surface area contributed by atoms with Crippen LogP contribution in [-0.4, -0.2) is 31.4 Å². The van der Waals surface area contributed by atoms with Crippen LogP contribution in [0.1, 0.15) is 32.2 Å². The molecule has 1 aromatic carbocycles. The third kappa shape index (κ3) is 5.64. The number of rotatable bonds is 5. The van der Waals surface area contributed by atoms with Gasteiger partial charge in [-0.1, -0.05) is 11.6 Å². The minimum atomic E-state index is -0.659. The van der Waals surface area contributed by atoms with E-state index in [1.165, 1.54) is 24.4 Å². The zero-order chi connectivity index (χ0) is 23.6. The zero-order valence-electron chi connectivity index (χ0n) is 18.7. The summed E-state index contributed by atoms with van der Waals surface area (Å²) in [5.41, 5.74) is 2.21. The second kappa shape index (κ2) is 8.99. The third-order valence-corrected chi connectivity index (χ3v) is 4.63. The van der Waals surface area contributed by atoms with Crippen molar-refractivity contribution >= 4 is 46.5 Å². The van der Waals surface area contributed by atoms with Crippen molar-refractivity contribution in [3.8, 4) is 0 Å². The van der Waals surface area contributed by atoms with E-state index in [2.05, 4.69) is 31.0 Å². The summed E-state index contributed by atoms with van der Waals surface area (Å²) in [6, 6.07) is 4.05. The first-order valence-electron chi connectivity index (χ1n) is 9.79. The lowest BCUT2D eigenvalue weighted by Crippen LogP contribution is -2.27. The minimum absolute atomic E-state index is 0.0684. The number of aryl methyl sites for hydroxylation is 2. The molecular weight excluding hydrogens is 437 g/mol. The summed E-state index contributed by atoms with van der Waals surface area (Å²) < 4.78 is 21.4. The van der Waals surface area contributed by atoms with E-state index in [1.807, 2.05) is 20.9 Å². The number of carbonyl (C=O) groups excluding carboxylic acids is 1. The average Bonchev–Trinajstić information content (AvgIpc) is 2.91. The molecule has 0 unspecified atom stereocenters. The first-order valence-corrected chi connectivity index (χ1v) is 10.2. The molecule has 2 heterocycles. The zero-order valence-corrected chi connectivity index (χ0v) is 19.4. The average molecular weight is 462 g/mol. The van der Waals surface area contributed by atoms with E-state index in [4.69, 9.17) is 16.3 Å². The molecule has 0 radical (unpaired) electrons. The number of nitrogens with one attached hydrogen (secondary N) is 3. The van der Waals surface area contributed by atoms with E-state index in [0.717, 1.165) is 17.1 Å². The van der Waals surface area contributed by atoms with E-state index in [1.54, 1.807) is 25.5 Å². The van der Waals surface area contributed by atoms with Crippen LogP contribution in [0.3, 0.4) is 0 Å². The number of benzene rings is 1. The standard InChI is InChI=1S/C21H25ClFN7O2/c1-11-17(12(2)30(6)29-11)27-19-24-10-14(22)18(28-19)26-16-9-13(7-8-15(16)23)25-20(31)32-21(3,4)5/h7-10H,1-6H3,(H,25,31)(H2,24,26,27,28). The molecule has 0 bridgehead atoms. The number of aromatic nitrogens is 4. The lowest BCUT2D eigenvalue weighted by molar-refractivity contribution is 0.0636. The number of hydrogen-bond donors (Lipinski definition) is 3. The first-order chi connectivity index (χ1) is 14.9. The number of amides is 1. The van der Waals surface area contributed by atoms with Crippen molar-refractivity contribution in [3.63, 3.8) is 0 Å². The lowest BCUT2D eigenvalue weighted by atomic mass is 10.2. The van der Waals surface area contributed by atoms with Gasteiger partial charge in [0.25, 0.3) is 0 Å². The summed E-state index contributed by atoms with van der Waals surface area (Å²) >= 11 is 6.22. The van der Waals surface area contributed by atoms with Gasteiger partial charge in [0.05, 0.1) is 29.0 Å². The number of anilines is 5. The molecular formula is C21H25ClFN7O2. The van der Waals surface area contributed by atoms with Crippen molar-refractivity contribution in [1.29, 1.82) is 0 Å². The number of hydrogen-bond acceptors (Lipinski definition) is 7. The summed E-state index contributed by atoms with van der Waals surface area (Å²) in [4.78, 5) is 20.5. The predicted molar refractivity (Wildman–Crippen MR) is 123 cm³/mol. The van der Waals surface area contributed by atoms with E-state index >= 15 is 0 Å². The fourth-order valence-corrected chi connectivity index (χ4v) is 2.97. The molecule has 0 fully saturated rings. The second-order valence-corrected chi connectivity index (χ2v) is 8.54. The molecule has 3 N–H and O–H groups in total. The van der Waals surface area contributed by atoms with Gasteiger partial charge in [-0.2, -0.15) is 10.1 Å². The van der Waals surface area contributed by atoms with Crippen molar-refractivity contribution in [3.05, 3.63) is 46.6 Å². The Hall–Kier alpha value is -3.40. The lowest BCUT2D eigenvalue weighted by Gasteiger charge is -2.20. The van der Waals surface area contributed by atoms with E-state index in [0.29, 0.717) is 5.69 Å². The highest BCUT2D eigenvalue weighted by Crippen LogP contribution is 2.29. The number of ether oxygens (including phenoxy) is 1. The SMILES string of the molecule is Cc1nn(C)c(C)c1Nc1ncc(Cl)c(Nc2cc(NC(=O)OC(C)(C)C)ccc2F)n1. The predicted octanol–water partition coefficient (Wildman–Crippen LogP) is 5.45. The van der Waals surface area contributed by atoms with Crippen LogP contribution in [0.25, 0.3) is 0 Å². The minimum Gasteiger partial charge on any atom is -0.444 e. The monoisotopic (exact) mass is 461 g/mol. The molecule has 0 saturated heterocycles. The first kappa shape index (κ1) is 23.3. The normalized spacial score (nSPS) is 11.2. The summed E-state index contributed by atoms with van der Waals surface area (Å²) in [5.74, 6) is -0.0981. The Bertz CT molecular complexity index is 1160. The van der Waals surface area contributed by atoms with Crippen LogP contribution in [0.2, 0.25) is 5.02 Å². The van der Waals surface area contributed by atoms with Gasteiger partial charge in [-0.3, -0.25) is 10.00 Å². The van der Waals surface area contributed by atoms with Crippen LogP contribution < -0.4 is 16.0 Å². The second-order valence-electron chi connectivity index (χ2n) is 8.13. The maximum atomic E-state index is 14.4. The molecule has 0 saturated carbocycles. The van der Waals surface area contributed by atoms with Gasteiger partial charge in [-0.25, -0.2) is 14.2 Å². The van der Waals surface area contributed by atoms with Crippen molar-refractivity contribution in [2.24, 2.45) is 7.05 Å². The van der Waals surface area contributed by atoms with Gasteiger partial charge in [-0.05, 0) is 52.8 Å².